The van der Waals surface area contributed by atoms with Crippen molar-refractivity contribution < 1.29 is 4.79 Å². The van der Waals surface area contributed by atoms with Gasteiger partial charge in [0, 0.05) is 7.05 Å². The molecule has 5 heteroatoms. The van der Waals surface area contributed by atoms with Crippen LogP contribution in [0.3, 0.4) is 0 Å². The number of amides is 1. The van der Waals surface area contributed by atoms with Gasteiger partial charge >= 0.3 is 0 Å². The largest absolute Gasteiger partial charge is 0.358 e. The second-order valence-electron chi connectivity index (χ2n) is 3.91. The monoisotopic (exact) mass is 251 g/mol. The van der Waals surface area contributed by atoms with Crippen LogP contribution in [0.25, 0.3) is 11.0 Å². The molecule has 0 radical (unpaired) electrons. The number of likely N-dealkylation sites (N-methyl/N-ethyl adjacent to an activating group) is 1. The van der Waals surface area contributed by atoms with E-state index < -0.39 is 0 Å². The summed E-state index contributed by atoms with van der Waals surface area (Å²) in [4.78, 5) is 15.9. The molecule has 2 aromatic rings. The Morgan fingerprint density at radius 1 is 1.53 bits per heavy atom. The molecule has 0 aliphatic rings. The van der Waals surface area contributed by atoms with Gasteiger partial charge in [0.15, 0.2) is 0 Å². The third kappa shape index (κ3) is 2.26. The summed E-state index contributed by atoms with van der Waals surface area (Å²) in [6, 6.07) is 5.96. The van der Waals surface area contributed by atoms with Crippen molar-refractivity contribution in [3.05, 3.63) is 29.6 Å². The lowest BCUT2D eigenvalue weighted by atomic mass is 10.2. The van der Waals surface area contributed by atoms with E-state index in [4.69, 9.17) is 11.6 Å². The van der Waals surface area contributed by atoms with Crippen molar-refractivity contribution in [3.8, 4) is 0 Å². The van der Waals surface area contributed by atoms with Gasteiger partial charge in [-0.1, -0.05) is 6.07 Å². The summed E-state index contributed by atoms with van der Waals surface area (Å²) < 4.78 is 1.86. The van der Waals surface area contributed by atoms with Gasteiger partial charge in [0.25, 0.3) is 0 Å². The Labute approximate surface area is 105 Å². The highest BCUT2D eigenvalue weighted by Crippen LogP contribution is 2.18. The molecule has 4 nitrogen and oxygen atoms in total. The molecule has 0 aliphatic heterocycles. The summed E-state index contributed by atoms with van der Waals surface area (Å²) in [6.07, 6.45) is 0. The highest BCUT2D eigenvalue weighted by atomic mass is 35.5. The van der Waals surface area contributed by atoms with Gasteiger partial charge in [0.1, 0.15) is 12.4 Å². The number of nitrogens with zero attached hydrogens (tertiary/aromatic N) is 2. The zero-order chi connectivity index (χ0) is 12.4. The molecule has 0 unspecified atom stereocenters. The van der Waals surface area contributed by atoms with Gasteiger partial charge in [0.2, 0.25) is 5.91 Å². The van der Waals surface area contributed by atoms with Crippen molar-refractivity contribution in [1.29, 1.82) is 0 Å². The first-order chi connectivity index (χ1) is 8.15. The van der Waals surface area contributed by atoms with Crippen LogP contribution in [-0.2, 0) is 17.2 Å². The molecule has 1 heterocycles. The van der Waals surface area contributed by atoms with Gasteiger partial charge in [-0.3, -0.25) is 4.79 Å². The fourth-order valence-corrected chi connectivity index (χ4v) is 1.99. The van der Waals surface area contributed by atoms with E-state index in [0.717, 1.165) is 22.4 Å². The minimum absolute atomic E-state index is 0.0582. The predicted molar refractivity (Wildman–Crippen MR) is 68.1 cm³/mol. The van der Waals surface area contributed by atoms with Gasteiger partial charge in [-0.05, 0) is 24.6 Å². The molecule has 0 atom stereocenters. The van der Waals surface area contributed by atoms with Gasteiger partial charge in [-0.2, -0.15) is 0 Å². The van der Waals surface area contributed by atoms with Crippen LogP contribution in [-0.4, -0.2) is 22.5 Å². The van der Waals surface area contributed by atoms with Crippen LogP contribution in [0, 0.1) is 6.92 Å². The summed E-state index contributed by atoms with van der Waals surface area (Å²) in [5, 5.41) is 2.60. The molecule has 0 saturated heterocycles. The van der Waals surface area contributed by atoms with Crippen LogP contribution in [0.5, 0.6) is 0 Å². The van der Waals surface area contributed by atoms with Crippen LogP contribution in [0.4, 0.5) is 0 Å². The second-order valence-corrected chi connectivity index (χ2v) is 4.18. The van der Waals surface area contributed by atoms with Crippen molar-refractivity contribution in [2.45, 2.75) is 19.3 Å². The quantitative estimate of drug-likeness (QED) is 0.846. The zero-order valence-corrected chi connectivity index (χ0v) is 10.6. The van der Waals surface area contributed by atoms with E-state index in [9.17, 15) is 4.79 Å². The normalized spacial score (nSPS) is 10.8. The molecule has 0 bridgehead atoms. The molecule has 0 fully saturated rings. The number of fused-ring (bicyclic) bond motifs is 1. The van der Waals surface area contributed by atoms with E-state index >= 15 is 0 Å². The molecule has 1 N–H and O–H groups in total. The molecule has 1 aromatic carbocycles. The molecule has 90 valence electrons. The third-order valence-electron chi connectivity index (χ3n) is 2.68. The Morgan fingerprint density at radius 2 is 2.29 bits per heavy atom. The SMILES string of the molecule is CNC(=O)Cn1c(CCl)nc2ccc(C)cc21. The van der Waals surface area contributed by atoms with Crippen molar-refractivity contribution in [2.24, 2.45) is 0 Å². The fraction of sp³-hybridized carbons (Fsp3) is 0.333. The number of alkyl halides is 1. The molecular formula is C12H14ClN3O. The summed E-state index contributed by atoms with van der Waals surface area (Å²) >= 11 is 5.85. The minimum atomic E-state index is -0.0582. The maximum absolute atomic E-state index is 11.5. The van der Waals surface area contributed by atoms with Crippen molar-refractivity contribution >= 4 is 28.5 Å². The standard InChI is InChI=1S/C12H14ClN3O/c1-8-3-4-9-10(5-8)16(7-12(17)14-2)11(6-13)15-9/h3-5H,6-7H2,1-2H3,(H,14,17). The maximum Gasteiger partial charge on any atom is 0.239 e. The molecule has 0 spiro atoms. The molecule has 0 aliphatic carbocycles. The lowest BCUT2D eigenvalue weighted by molar-refractivity contribution is -0.121. The highest BCUT2D eigenvalue weighted by Gasteiger charge is 2.12. The van der Waals surface area contributed by atoms with E-state index in [1.54, 1.807) is 7.05 Å². The first-order valence-electron chi connectivity index (χ1n) is 5.38. The van der Waals surface area contributed by atoms with Gasteiger partial charge in [-0.25, -0.2) is 4.98 Å². The molecule has 2 rings (SSSR count). The molecule has 1 aromatic heterocycles. The number of carbonyl (C=O) groups is 1. The van der Waals surface area contributed by atoms with Gasteiger partial charge < -0.3 is 9.88 Å². The van der Waals surface area contributed by atoms with Gasteiger partial charge in [0.05, 0.1) is 16.9 Å². The van der Waals surface area contributed by atoms with Crippen LogP contribution in [0.15, 0.2) is 18.2 Å². The van der Waals surface area contributed by atoms with Crippen LogP contribution in [0.1, 0.15) is 11.4 Å². The van der Waals surface area contributed by atoms with E-state index in [1.807, 2.05) is 29.7 Å². The summed E-state index contributed by atoms with van der Waals surface area (Å²) in [5.41, 5.74) is 2.95. The highest BCUT2D eigenvalue weighted by molar-refractivity contribution is 6.16. The number of hydrogen-bond acceptors (Lipinski definition) is 2. The van der Waals surface area contributed by atoms with Crippen molar-refractivity contribution in [3.63, 3.8) is 0 Å². The van der Waals surface area contributed by atoms with E-state index in [1.165, 1.54) is 0 Å². The molecule has 0 saturated carbocycles. The Bertz CT molecular complexity index is 562. The average molecular weight is 252 g/mol. The molecule has 17 heavy (non-hydrogen) atoms. The van der Waals surface area contributed by atoms with E-state index in [0.29, 0.717) is 5.88 Å². The number of benzene rings is 1. The lowest BCUT2D eigenvalue weighted by Crippen LogP contribution is -2.24. The number of hydrogen-bond donors (Lipinski definition) is 1. The summed E-state index contributed by atoms with van der Waals surface area (Å²) in [7, 11) is 1.62. The number of rotatable bonds is 3. The Balaban J connectivity index is 2.56. The minimum Gasteiger partial charge on any atom is -0.358 e. The smallest absolute Gasteiger partial charge is 0.239 e. The number of carbonyl (C=O) groups excluding carboxylic acids is 1. The number of aromatic nitrogens is 2. The Kier molecular flexibility index (Phi) is 3.33. The number of aryl methyl sites for hydroxylation is 1. The zero-order valence-electron chi connectivity index (χ0n) is 9.83. The van der Waals surface area contributed by atoms with Crippen molar-refractivity contribution in [2.75, 3.05) is 7.05 Å². The fourth-order valence-electron chi connectivity index (χ4n) is 1.78. The van der Waals surface area contributed by atoms with Crippen molar-refractivity contribution in [1.82, 2.24) is 14.9 Å². The first kappa shape index (κ1) is 11.9. The van der Waals surface area contributed by atoms with E-state index in [-0.39, 0.29) is 12.5 Å². The summed E-state index contributed by atoms with van der Waals surface area (Å²) in [6.45, 7) is 2.26. The number of nitrogens with one attached hydrogen (secondary N) is 1. The lowest BCUT2D eigenvalue weighted by Gasteiger charge is -2.06. The Morgan fingerprint density at radius 3 is 2.94 bits per heavy atom. The third-order valence-corrected chi connectivity index (χ3v) is 2.92. The van der Waals surface area contributed by atoms with Crippen LogP contribution in [0.2, 0.25) is 0 Å². The predicted octanol–water partition coefficient (Wildman–Crippen LogP) is 1.83. The average Bonchev–Trinajstić information content (AvgIpc) is 2.67. The molecule has 1 amide bonds. The van der Waals surface area contributed by atoms with Crippen LogP contribution >= 0.6 is 11.6 Å². The number of halogens is 1. The topological polar surface area (TPSA) is 46.9 Å². The van der Waals surface area contributed by atoms with Gasteiger partial charge in [-0.15, -0.1) is 11.6 Å². The van der Waals surface area contributed by atoms with Crippen LogP contribution < -0.4 is 5.32 Å². The molecular weight excluding hydrogens is 238 g/mol. The Hall–Kier alpha value is -1.55. The maximum atomic E-state index is 11.5. The first-order valence-corrected chi connectivity index (χ1v) is 5.91. The second kappa shape index (κ2) is 4.75. The van der Waals surface area contributed by atoms with E-state index in [2.05, 4.69) is 10.3 Å². The summed E-state index contributed by atoms with van der Waals surface area (Å²) in [5.74, 6) is 0.957. The number of imidazole rings is 1.